The lowest BCUT2D eigenvalue weighted by Gasteiger charge is -2.30. The number of aryl methyl sites for hydroxylation is 1. The fourth-order valence-corrected chi connectivity index (χ4v) is 7.63. The van der Waals surface area contributed by atoms with Gasteiger partial charge < -0.3 is 9.80 Å². The van der Waals surface area contributed by atoms with Gasteiger partial charge in [0.2, 0.25) is 5.95 Å². The molecule has 264 valence electrons. The Morgan fingerprint density at radius 1 is 0.922 bits per heavy atom. The molecule has 5 aromatic rings. The van der Waals surface area contributed by atoms with Crippen LogP contribution >= 0.6 is 11.6 Å². The van der Waals surface area contributed by atoms with E-state index >= 15 is 0 Å². The fourth-order valence-electron chi connectivity index (χ4n) is 6.40. The number of carbonyl (C=O) groups excluding carboxylic acids is 2. The average Bonchev–Trinajstić information content (AvgIpc) is 3.14. The maximum atomic E-state index is 14.5. The first kappa shape index (κ1) is 36.0. The second-order valence-corrected chi connectivity index (χ2v) is 15.0. The number of anilines is 1. The number of sulfonamides is 1. The monoisotopic (exact) mass is 723 g/mol. The van der Waals surface area contributed by atoms with Gasteiger partial charge in [-0.25, -0.2) is 23.1 Å². The van der Waals surface area contributed by atoms with E-state index in [4.69, 9.17) is 16.6 Å². The van der Waals surface area contributed by atoms with Crippen molar-refractivity contribution in [2.75, 3.05) is 24.5 Å². The molecule has 51 heavy (non-hydrogen) atoms. The number of hydrogen-bond acceptors (Lipinski definition) is 7. The molecule has 1 aromatic heterocycles. The number of nitrogens with zero attached hydrogens (tertiary/aromatic N) is 4. The van der Waals surface area contributed by atoms with E-state index in [2.05, 4.69) is 34.5 Å². The lowest BCUT2D eigenvalue weighted by atomic mass is 9.95. The Hall–Kier alpha value is -4.80. The van der Waals surface area contributed by atoms with Crippen LogP contribution in [-0.2, 0) is 23.0 Å². The molecular weight excluding hydrogens is 682 g/mol. The van der Waals surface area contributed by atoms with E-state index in [1.165, 1.54) is 29.8 Å². The minimum absolute atomic E-state index is 0.0290. The minimum atomic E-state index is -4.28. The Morgan fingerprint density at radius 3 is 2.41 bits per heavy atom. The normalized spacial score (nSPS) is 12.8. The number of rotatable bonds is 12. The number of amides is 2. The van der Waals surface area contributed by atoms with Crippen LogP contribution in [0.5, 0.6) is 0 Å². The summed E-state index contributed by atoms with van der Waals surface area (Å²) in [7, 11) is -4.28. The standard InChI is InChI=1S/C40H42ClN5O4S/c1-4-6-20-45(21-7-5-2)40-42-25-27(3)37(43-40)33-18-16-30(23-35(33)39(48)46-22-19-28-11-8-9-12-31(28)26-46)38(47)44-51(49,50)32-17-15-29-13-10-14-36(41)34(29)24-32/h8-18,23-25H,4-7,19-22,26H2,1-3H3,(H,44,47). The highest BCUT2D eigenvalue weighted by molar-refractivity contribution is 7.90. The van der Waals surface area contributed by atoms with Crippen molar-refractivity contribution in [2.24, 2.45) is 0 Å². The molecule has 0 fully saturated rings. The summed E-state index contributed by atoms with van der Waals surface area (Å²) in [4.78, 5) is 41.7. The molecule has 0 bridgehead atoms. The average molecular weight is 724 g/mol. The van der Waals surface area contributed by atoms with E-state index < -0.39 is 15.9 Å². The van der Waals surface area contributed by atoms with Gasteiger partial charge in [0.1, 0.15) is 0 Å². The van der Waals surface area contributed by atoms with Gasteiger partial charge in [0.05, 0.1) is 10.6 Å². The lowest BCUT2D eigenvalue weighted by Crippen LogP contribution is -2.36. The fraction of sp³-hybridized carbons (Fsp3) is 0.300. The van der Waals surface area contributed by atoms with Crippen LogP contribution in [0.4, 0.5) is 5.95 Å². The van der Waals surface area contributed by atoms with Crippen molar-refractivity contribution in [3.05, 3.63) is 118 Å². The number of nitrogens with one attached hydrogen (secondary N) is 1. The zero-order chi connectivity index (χ0) is 36.1. The molecule has 1 aliphatic heterocycles. The van der Waals surface area contributed by atoms with Gasteiger partial charge in [0, 0.05) is 59.5 Å². The first-order valence-corrected chi connectivity index (χ1v) is 19.3. The molecule has 11 heteroatoms. The third kappa shape index (κ3) is 7.92. The molecule has 6 rings (SSSR count). The van der Waals surface area contributed by atoms with Crippen LogP contribution in [0, 0.1) is 6.92 Å². The number of halogens is 1. The van der Waals surface area contributed by atoms with Crippen LogP contribution in [0.15, 0.2) is 90.0 Å². The molecule has 0 saturated carbocycles. The van der Waals surface area contributed by atoms with Gasteiger partial charge in [-0.3, -0.25) is 9.59 Å². The Kier molecular flexibility index (Phi) is 11.0. The van der Waals surface area contributed by atoms with Gasteiger partial charge in [-0.05, 0) is 78.6 Å². The number of fused-ring (bicyclic) bond motifs is 2. The highest BCUT2D eigenvalue weighted by atomic mass is 35.5. The van der Waals surface area contributed by atoms with E-state index in [0.717, 1.165) is 55.3 Å². The molecule has 0 radical (unpaired) electrons. The number of carbonyl (C=O) groups is 2. The van der Waals surface area contributed by atoms with Crippen molar-refractivity contribution < 1.29 is 18.0 Å². The molecule has 4 aromatic carbocycles. The Balaban J connectivity index is 1.39. The topological polar surface area (TPSA) is 113 Å². The zero-order valence-electron chi connectivity index (χ0n) is 29.2. The van der Waals surface area contributed by atoms with Crippen LogP contribution in [-0.4, -0.2) is 54.7 Å². The summed E-state index contributed by atoms with van der Waals surface area (Å²) in [6.07, 6.45) is 6.54. The van der Waals surface area contributed by atoms with Crippen LogP contribution < -0.4 is 9.62 Å². The quantitative estimate of drug-likeness (QED) is 0.139. The molecule has 9 nitrogen and oxygen atoms in total. The summed E-state index contributed by atoms with van der Waals surface area (Å²) < 4.78 is 29.1. The maximum Gasteiger partial charge on any atom is 0.265 e. The number of unbranched alkanes of at least 4 members (excludes halogenated alkanes) is 2. The van der Waals surface area contributed by atoms with E-state index in [0.29, 0.717) is 47.1 Å². The first-order chi connectivity index (χ1) is 24.6. The van der Waals surface area contributed by atoms with E-state index in [-0.39, 0.29) is 21.9 Å². The zero-order valence-corrected chi connectivity index (χ0v) is 30.7. The SMILES string of the molecule is CCCCN(CCCC)c1ncc(C)c(-c2ccc(C(=O)NS(=O)(=O)c3ccc4cccc(Cl)c4c3)cc2C(=O)N2CCc3ccccc3C2)n1. The largest absolute Gasteiger partial charge is 0.341 e. The van der Waals surface area contributed by atoms with Crippen molar-refractivity contribution in [1.29, 1.82) is 0 Å². The van der Waals surface area contributed by atoms with Crippen LogP contribution in [0.1, 0.15) is 76.9 Å². The van der Waals surface area contributed by atoms with E-state index in [1.807, 2.05) is 31.2 Å². The molecule has 1 N–H and O–H groups in total. The molecule has 0 saturated heterocycles. The van der Waals surface area contributed by atoms with Crippen LogP contribution in [0.2, 0.25) is 5.02 Å². The van der Waals surface area contributed by atoms with Gasteiger partial charge in [-0.1, -0.05) is 86.8 Å². The van der Waals surface area contributed by atoms with Crippen LogP contribution in [0.3, 0.4) is 0 Å². The van der Waals surface area contributed by atoms with Gasteiger partial charge in [0.25, 0.3) is 21.8 Å². The molecule has 0 aliphatic carbocycles. The summed E-state index contributed by atoms with van der Waals surface area (Å²) in [6, 6.07) is 22.6. The van der Waals surface area contributed by atoms with Crippen molar-refractivity contribution in [3.63, 3.8) is 0 Å². The molecule has 2 heterocycles. The summed E-state index contributed by atoms with van der Waals surface area (Å²) in [5.41, 5.74) is 4.47. The first-order valence-electron chi connectivity index (χ1n) is 17.4. The molecule has 0 spiro atoms. The van der Waals surface area contributed by atoms with Crippen LogP contribution in [0.25, 0.3) is 22.0 Å². The number of hydrogen-bond donors (Lipinski definition) is 1. The highest BCUT2D eigenvalue weighted by Crippen LogP contribution is 2.31. The van der Waals surface area contributed by atoms with Crippen molar-refractivity contribution in [3.8, 4) is 11.3 Å². The smallest absolute Gasteiger partial charge is 0.265 e. The Bertz CT molecular complexity index is 2200. The van der Waals surface area contributed by atoms with Gasteiger partial charge in [0.15, 0.2) is 0 Å². The number of benzene rings is 4. The third-order valence-corrected chi connectivity index (χ3v) is 11.0. The molecule has 2 amide bonds. The summed E-state index contributed by atoms with van der Waals surface area (Å²) in [6.45, 7) is 8.74. The van der Waals surface area contributed by atoms with Crippen molar-refractivity contribution >= 4 is 50.2 Å². The molecule has 1 aliphatic rings. The summed E-state index contributed by atoms with van der Waals surface area (Å²) in [5, 5.41) is 1.73. The maximum absolute atomic E-state index is 14.5. The van der Waals surface area contributed by atoms with E-state index in [9.17, 15) is 18.0 Å². The molecule has 0 unspecified atom stereocenters. The van der Waals surface area contributed by atoms with Gasteiger partial charge in [-0.2, -0.15) is 0 Å². The Labute approximate surface area is 304 Å². The third-order valence-electron chi connectivity index (χ3n) is 9.33. The van der Waals surface area contributed by atoms with Crippen molar-refractivity contribution in [1.82, 2.24) is 19.6 Å². The van der Waals surface area contributed by atoms with Gasteiger partial charge in [-0.15, -0.1) is 0 Å². The molecular formula is C40H42ClN5O4S. The predicted molar refractivity (Wildman–Crippen MR) is 203 cm³/mol. The summed E-state index contributed by atoms with van der Waals surface area (Å²) >= 11 is 6.34. The second kappa shape index (κ2) is 15.6. The van der Waals surface area contributed by atoms with E-state index in [1.54, 1.807) is 35.4 Å². The Morgan fingerprint density at radius 2 is 1.67 bits per heavy atom. The predicted octanol–water partition coefficient (Wildman–Crippen LogP) is 7.98. The summed E-state index contributed by atoms with van der Waals surface area (Å²) in [5.74, 6) is -0.537. The highest BCUT2D eigenvalue weighted by Gasteiger charge is 2.28. The number of aromatic nitrogens is 2. The minimum Gasteiger partial charge on any atom is -0.341 e. The lowest BCUT2D eigenvalue weighted by molar-refractivity contribution is 0.0735. The molecule has 0 atom stereocenters. The van der Waals surface area contributed by atoms with Gasteiger partial charge >= 0.3 is 0 Å². The second-order valence-electron chi connectivity index (χ2n) is 13.0. The van der Waals surface area contributed by atoms with Crippen molar-refractivity contribution in [2.45, 2.75) is 64.3 Å².